The minimum absolute atomic E-state index is 0.0621. The SMILES string of the molecule is CCO[C@@H]1[C@H](N(CC)C(=O)c2ccccc2P(c2ccccc2)c2ccccc2)[C@H]2CC[C@]1(C)C2(C)C. The molecule has 0 radical (unpaired) electrons. The van der Waals surface area contributed by atoms with Crippen LogP contribution in [0.1, 0.15) is 57.8 Å². The van der Waals surface area contributed by atoms with Gasteiger partial charge in [0, 0.05) is 24.1 Å². The van der Waals surface area contributed by atoms with Crippen molar-refractivity contribution in [2.24, 2.45) is 16.7 Å². The number of rotatable bonds is 8. The Labute approximate surface area is 224 Å². The summed E-state index contributed by atoms with van der Waals surface area (Å²) in [6.45, 7) is 12.7. The lowest BCUT2D eigenvalue weighted by atomic mass is 9.70. The smallest absolute Gasteiger partial charge is 0.254 e. The molecule has 3 nitrogen and oxygen atoms in total. The number of nitrogens with zero attached hydrogens (tertiary/aromatic N) is 1. The molecule has 0 aliphatic heterocycles. The quantitative estimate of drug-likeness (QED) is 0.339. The van der Waals surface area contributed by atoms with Crippen molar-refractivity contribution in [3.05, 3.63) is 90.5 Å². The summed E-state index contributed by atoms with van der Waals surface area (Å²) in [5, 5.41) is 3.64. The summed E-state index contributed by atoms with van der Waals surface area (Å²) in [5.41, 5.74) is 1.03. The maximum atomic E-state index is 14.6. The zero-order chi connectivity index (χ0) is 26.2. The van der Waals surface area contributed by atoms with Crippen LogP contribution in [0.15, 0.2) is 84.9 Å². The van der Waals surface area contributed by atoms with Gasteiger partial charge >= 0.3 is 0 Å². The summed E-state index contributed by atoms with van der Waals surface area (Å²) in [7, 11) is -0.873. The Morgan fingerprint density at radius 1 is 0.892 bits per heavy atom. The zero-order valence-corrected chi connectivity index (χ0v) is 23.7. The van der Waals surface area contributed by atoms with Gasteiger partial charge in [-0.1, -0.05) is 99.6 Å². The molecule has 0 saturated heterocycles. The predicted molar refractivity (Wildman–Crippen MR) is 156 cm³/mol. The lowest BCUT2D eigenvalue weighted by Crippen LogP contribution is -2.53. The van der Waals surface area contributed by atoms with E-state index in [4.69, 9.17) is 4.74 Å². The highest BCUT2D eigenvalue weighted by molar-refractivity contribution is 7.80. The molecule has 1 amide bonds. The molecule has 4 heteroatoms. The number of carbonyl (C=O) groups is 1. The van der Waals surface area contributed by atoms with E-state index in [1.807, 2.05) is 12.1 Å². The number of hydrogen-bond acceptors (Lipinski definition) is 2. The van der Waals surface area contributed by atoms with Crippen molar-refractivity contribution in [1.29, 1.82) is 0 Å². The van der Waals surface area contributed by atoms with Crippen LogP contribution in [0, 0.1) is 16.7 Å². The van der Waals surface area contributed by atoms with Crippen LogP contribution in [0.2, 0.25) is 0 Å². The fraction of sp³-hybridized carbons (Fsp3) is 0.424. The second-order valence-electron chi connectivity index (χ2n) is 11.3. The number of benzene rings is 3. The van der Waals surface area contributed by atoms with Crippen molar-refractivity contribution < 1.29 is 9.53 Å². The van der Waals surface area contributed by atoms with Crippen LogP contribution in [-0.4, -0.2) is 36.1 Å². The maximum absolute atomic E-state index is 14.6. The molecule has 37 heavy (non-hydrogen) atoms. The van der Waals surface area contributed by atoms with E-state index in [1.165, 1.54) is 17.0 Å². The number of hydrogen-bond donors (Lipinski definition) is 0. The van der Waals surface area contributed by atoms with Crippen LogP contribution >= 0.6 is 7.92 Å². The lowest BCUT2D eigenvalue weighted by molar-refractivity contribution is -0.0707. The van der Waals surface area contributed by atoms with Crippen LogP contribution in [0.3, 0.4) is 0 Å². The molecular weight excluding hydrogens is 473 g/mol. The van der Waals surface area contributed by atoms with Gasteiger partial charge in [-0.05, 0) is 67.9 Å². The minimum Gasteiger partial charge on any atom is -0.376 e. The molecule has 2 bridgehead atoms. The van der Waals surface area contributed by atoms with Crippen molar-refractivity contribution in [2.75, 3.05) is 13.2 Å². The van der Waals surface area contributed by atoms with E-state index in [9.17, 15) is 4.79 Å². The second kappa shape index (κ2) is 10.4. The van der Waals surface area contributed by atoms with Gasteiger partial charge in [-0.25, -0.2) is 0 Å². The molecule has 3 aromatic rings. The summed E-state index contributed by atoms with van der Waals surface area (Å²) < 4.78 is 6.48. The average Bonchev–Trinajstić information content (AvgIpc) is 3.24. The van der Waals surface area contributed by atoms with Gasteiger partial charge in [0.1, 0.15) is 0 Å². The molecule has 0 unspecified atom stereocenters. The number of amides is 1. The van der Waals surface area contributed by atoms with Gasteiger partial charge in [-0.15, -0.1) is 0 Å². The van der Waals surface area contributed by atoms with E-state index < -0.39 is 7.92 Å². The predicted octanol–water partition coefficient (Wildman–Crippen LogP) is 6.14. The normalized spacial score (nSPS) is 25.9. The summed E-state index contributed by atoms with van der Waals surface area (Å²) in [6.07, 6.45) is 2.39. The van der Waals surface area contributed by atoms with Gasteiger partial charge in [0.25, 0.3) is 5.91 Å². The Morgan fingerprint density at radius 2 is 1.46 bits per heavy atom. The summed E-state index contributed by atoms with van der Waals surface area (Å²) in [6, 6.07) is 29.7. The molecule has 0 heterocycles. The Kier molecular flexibility index (Phi) is 7.31. The van der Waals surface area contributed by atoms with Crippen LogP contribution in [0.5, 0.6) is 0 Å². The largest absolute Gasteiger partial charge is 0.376 e. The summed E-state index contributed by atoms with van der Waals surface area (Å²) in [4.78, 5) is 16.7. The van der Waals surface area contributed by atoms with Gasteiger partial charge in [0.05, 0.1) is 12.1 Å². The summed E-state index contributed by atoms with van der Waals surface area (Å²) in [5.74, 6) is 0.578. The third-order valence-electron chi connectivity index (χ3n) is 9.44. The van der Waals surface area contributed by atoms with Gasteiger partial charge in [0.15, 0.2) is 0 Å². The number of fused-ring (bicyclic) bond motifs is 2. The number of carbonyl (C=O) groups excluding carboxylic acids is 1. The third-order valence-corrected chi connectivity index (χ3v) is 11.9. The zero-order valence-electron chi connectivity index (χ0n) is 22.9. The molecule has 2 aliphatic carbocycles. The highest BCUT2D eigenvalue weighted by Gasteiger charge is 2.68. The molecule has 0 N–H and O–H groups in total. The van der Waals surface area contributed by atoms with Gasteiger partial charge in [-0.3, -0.25) is 4.79 Å². The first kappa shape index (κ1) is 26.1. The van der Waals surface area contributed by atoms with E-state index in [2.05, 4.69) is 112 Å². The van der Waals surface area contributed by atoms with Crippen molar-refractivity contribution in [3.8, 4) is 0 Å². The lowest BCUT2D eigenvalue weighted by Gasteiger charge is -2.43. The topological polar surface area (TPSA) is 29.5 Å². The van der Waals surface area contributed by atoms with Gasteiger partial charge in [-0.2, -0.15) is 0 Å². The van der Waals surface area contributed by atoms with Crippen LogP contribution in [0.4, 0.5) is 0 Å². The number of ether oxygens (including phenoxy) is 1. The first-order chi connectivity index (χ1) is 17.8. The first-order valence-corrected chi connectivity index (χ1v) is 15.1. The Balaban J connectivity index is 1.59. The van der Waals surface area contributed by atoms with Crippen LogP contribution in [0.25, 0.3) is 0 Å². The van der Waals surface area contributed by atoms with Crippen LogP contribution in [-0.2, 0) is 4.74 Å². The molecule has 0 aromatic heterocycles. The van der Waals surface area contributed by atoms with Crippen molar-refractivity contribution in [3.63, 3.8) is 0 Å². The highest BCUT2D eigenvalue weighted by Crippen LogP contribution is 2.67. The molecule has 2 saturated carbocycles. The first-order valence-electron chi connectivity index (χ1n) is 13.8. The minimum atomic E-state index is -0.873. The van der Waals surface area contributed by atoms with Crippen molar-refractivity contribution in [2.45, 2.75) is 59.6 Å². The molecular formula is C33H40NO2P. The van der Waals surface area contributed by atoms with E-state index in [1.54, 1.807) is 0 Å². The Morgan fingerprint density at radius 3 is 2.03 bits per heavy atom. The molecule has 3 aromatic carbocycles. The number of likely N-dealkylation sites (N-methyl/N-ethyl adjacent to an activating group) is 1. The van der Waals surface area contributed by atoms with E-state index in [-0.39, 0.29) is 28.9 Å². The molecule has 4 atom stereocenters. The maximum Gasteiger partial charge on any atom is 0.254 e. The van der Waals surface area contributed by atoms with Crippen molar-refractivity contribution in [1.82, 2.24) is 4.90 Å². The molecule has 5 rings (SSSR count). The van der Waals surface area contributed by atoms with E-state index in [0.717, 1.165) is 17.3 Å². The monoisotopic (exact) mass is 513 g/mol. The van der Waals surface area contributed by atoms with Gasteiger partial charge < -0.3 is 9.64 Å². The molecule has 2 fully saturated rings. The Bertz CT molecular complexity index is 1190. The van der Waals surface area contributed by atoms with Crippen molar-refractivity contribution >= 4 is 29.7 Å². The average molecular weight is 514 g/mol. The van der Waals surface area contributed by atoms with Gasteiger partial charge in [0.2, 0.25) is 0 Å². The fourth-order valence-electron chi connectivity index (χ4n) is 7.17. The molecule has 0 spiro atoms. The molecule has 194 valence electrons. The third kappa shape index (κ3) is 4.25. The molecule has 2 aliphatic rings. The second-order valence-corrected chi connectivity index (χ2v) is 13.5. The van der Waals surface area contributed by atoms with Crippen LogP contribution < -0.4 is 15.9 Å². The highest BCUT2D eigenvalue weighted by atomic mass is 31.1. The summed E-state index contributed by atoms with van der Waals surface area (Å²) >= 11 is 0. The van der Waals surface area contributed by atoms with E-state index >= 15 is 0 Å². The fourth-order valence-corrected chi connectivity index (χ4v) is 9.62. The standard InChI is InChI=1S/C33H40NO2P/c1-6-34(29-27-22-23-33(5,32(27,3)4)30(29)36-7-2)31(35)26-20-14-15-21-28(26)37(24-16-10-8-11-17-24)25-18-12-9-13-19-25/h8-21,27,29-30H,6-7,22-23H2,1-5H3/t27-,29-,30-,33+/m1/s1. The van der Waals surface area contributed by atoms with E-state index in [0.29, 0.717) is 19.1 Å². The Hall–Kier alpha value is -2.48.